The van der Waals surface area contributed by atoms with Crippen molar-refractivity contribution in [3.05, 3.63) is 4.13 Å². The van der Waals surface area contributed by atoms with Crippen LogP contribution in [-0.4, -0.2) is 27.8 Å². The Hall–Kier alpha value is -0.280. The molecule has 0 aromatic heterocycles. The zero-order valence-corrected chi connectivity index (χ0v) is 6.49. The highest BCUT2D eigenvalue weighted by Gasteiger charge is 2.48. The molecular formula is C2H2F2NO4S2-. The lowest BCUT2D eigenvalue weighted by molar-refractivity contribution is 0.122. The molecular weight excluding hydrogens is 204 g/mol. The van der Waals surface area contributed by atoms with Crippen LogP contribution >= 0.6 is 0 Å². The van der Waals surface area contributed by atoms with Crippen LogP contribution < -0.4 is 0 Å². The van der Waals surface area contributed by atoms with E-state index in [-0.39, 0.29) is 0 Å². The summed E-state index contributed by atoms with van der Waals surface area (Å²) in [6.07, 6.45) is 0. The monoisotopic (exact) mass is 206 g/mol. The molecule has 0 radical (unpaired) electrons. The number of hydrogen-bond donors (Lipinski definition) is 0. The van der Waals surface area contributed by atoms with Gasteiger partial charge in [-0.25, -0.2) is 16.8 Å². The van der Waals surface area contributed by atoms with E-state index in [0.29, 0.717) is 0 Å². The molecule has 1 heterocycles. The molecule has 1 saturated heterocycles. The van der Waals surface area contributed by atoms with Crippen LogP contribution in [0.3, 0.4) is 0 Å². The third-order valence-corrected chi connectivity index (χ3v) is 4.44. The topological polar surface area (TPSA) is 82.4 Å². The first-order chi connectivity index (χ1) is 4.66. The molecule has 1 aliphatic heterocycles. The van der Waals surface area contributed by atoms with Gasteiger partial charge in [-0.3, -0.25) is 0 Å². The Bertz CT molecular complexity index is 367. The first kappa shape index (κ1) is 8.81. The number of nitrogens with zero attached hydrogens (tertiary/aromatic N) is 1. The first-order valence-electron chi connectivity index (χ1n) is 2.26. The summed E-state index contributed by atoms with van der Waals surface area (Å²) in [7, 11) is -9.60. The molecule has 0 unspecified atom stereocenters. The maximum atomic E-state index is 12.2. The molecule has 1 rings (SSSR count). The summed E-state index contributed by atoms with van der Waals surface area (Å²) >= 11 is 0. The zero-order chi connectivity index (χ0) is 8.91. The minimum atomic E-state index is -5.13. The van der Waals surface area contributed by atoms with Gasteiger partial charge in [0, 0.05) is 0 Å². The summed E-state index contributed by atoms with van der Waals surface area (Å²) in [5, 5.41) is -4.26. The average Bonchev–Trinajstić information content (AvgIpc) is 1.66. The second-order valence-corrected chi connectivity index (χ2v) is 5.51. The van der Waals surface area contributed by atoms with Gasteiger partial charge in [-0.05, 0) is 0 Å². The molecule has 0 atom stereocenters. The van der Waals surface area contributed by atoms with Crippen molar-refractivity contribution in [3.63, 3.8) is 0 Å². The molecule has 0 bridgehead atoms. The Balaban J connectivity index is 3.31. The van der Waals surface area contributed by atoms with Gasteiger partial charge in [-0.1, -0.05) is 0 Å². The fourth-order valence-corrected chi connectivity index (χ4v) is 3.83. The smallest absolute Gasteiger partial charge is 0.342 e. The predicted molar refractivity (Wildman–Crippen MR) is 31.0 cm³/mol. The van der Waals surface area contributed by atoms with Gasteiger partial charge in [-0.2, -0.15) is 8.78 Å². The van der Waals surface area contributed by atoms with Crippen molar-refractivity contribution in [2.24, 2.45) is 0 Å². The zero-order valence-electron chi connectivity index (χ0n) is 4.86. The second-order valence-electron chi connectivity index (χ2n) is 1.91. The fraction of sp³-hybridized carbons (Fsp3) is 1.00. The van der Waals surface area contributed by atoms with E-state index >= 15 is 0 Å². The maximum absolute atomic E-state index is 12.2. The normalized spacial score (nSPS) is 31.8. The van der Waals surface area contributed by atoms with E-state index < -0.39 is 31.1 Å². The van der Waals surface area contributed by atoms with Crippen molar-refractivity contribution >= 4 is 20.0 Å². The number of hydrogen-bond acceptors (Lipinski definition) is 4. The van der Waals surface area contributed by atoms with Gasteiger partial charge in [0.2, 0.25) is 0 Å². The van der Waals surface area contributed by atoms with Crippen LogP contribution in [0.1, 0.15) is 0 Å². The highest BCUT2D eigenvalue weighted by Crippen LogP contribution is 2.38. The van der Waals surface area contributed by atoms with E-state index in [4.69, 9.17) is 0 Å². The van der Waals surface area contributed by atoms with E-state index in [0.717, 1.165) is 0 Å². The van der Waals surface area contributed by atoms with E-state index in [9.17, 15) is 25.6 Å². The maximum Gasteiger partial charge on any atom is 0.342 e. The van der Waals surface area contributed by atoms with Crippen molar-refractivity contribution in [2.45, 2.75) is 5.25 Å². The van der Waals surface area contributed by atoms with Gasteiger partial charge in [0.1, 0.15) is 15.8 Å². The lowest BCUT2D eigenvalue weighted by Gasteiger charge is -2.09. The van der Waals surface area contributed by atoms with Crippen LogP contribution in [0.2, 0.25) is 0 Å². The van der Waals surface area contributed by atoms with Gasteiger partial charge >= 0.3 is 5.25 Å². The largest absolute Gasteiger partial charge is 0.431 e. The molecule has 66 valence electrons. The third-order valence-electron chi connectivity index (χ3n) is 0.940. The lowest BCUT2D eigenvalue weighted by atomic mass is 10.8. The number of sulfonamides is 2. The Morgan fingerprint density at radius 3 is 1.73 bits per heavy atom. The summed E-state index contributed by atoms with van der Waals surface area (Å²) in [6.45, 7) is 0. The summed E-state index contributed by atoms with van der Waals surface area (Å²) in [6, 6.07) is 0. The molecule has 1 aliphatic rings. The number of halogens is 2. The molecule has 0 amide bonds. The molecule has 0 saturated carbocycles. The fourth-order valence-electron chi connectivity index (χ4n) is 0.517. The summed E-state index contributed by atoms with van der Waals surface area (Å²) in [4.78, 5) is 0. The van der Waals surface area contributed by atoms with Gasteiger partial charge in [0.05, 0.1) is 10.0 Å². The Labute approximate surface area is 61.5 Å². The molecule has 1 fully saturated rings. The van der Waals surface area contributed by atoms with Crippen LogP contribution in [0.25, 0.3) is 4.13 Å². The lowest BCUT2D eigenvalue weighted by Crippen LogP contribution is -2.25. The SMILES string of the molecule is O=S1(=O)CC(F)(F)S(=O)(=O)[N-]1. The van der Waals surface area contributed by atoms with Crippen LogP contribution in [0.15, 0.2) is 0 Å². The highest BCUT2D eigenvalue weighted by atomic mass is 32.3. The summed E-state index contributed by atoms with van der Waals surface area (Å²) < 4.78 is 67.2. The average molecular weight is 206 g/mol. The van der Waals surface area contributed by atoms with Gasteiger partial charge in [0.25, 0.3) is 0 Å². The quantitative estimate of drug-likeness (QED) is 0.541. The minimum Gasteiger partial charge on any atom is -0.431 e. The van der Waals surface area contributed by atoms with E-state index in [1.54, 1.807) is 0 Å². The van der Waals surface area contributed by atoms with Crippen molar-refractivity contribution in [1.29, 1.82) is 0 Å². The van der Waals surface area contributed by atoms with Gasteiger partial charge < -0.3 is 4.13 Å². The predicted octanol–water partition coefficient (Wildman–Crippen LogP) is -0.374. The third kappa shape index (κ3) is 1.35. The minimum absolute atomic E-state index is 1.75. The van der Waals surface area contributed by atoms with Crippen molar-refractivity contribution in [2.75, 3.05) is 5.75 Å². The van der Waals surface area contributed by atoms with E-state index in [1.807, 2.05) is 4.13 Å². The molecule has 5 nitrogen and oxygen atoms in total. The molecule has 0 N–H and O–H groups in total. The van der Waals surface area contributed by atoms with Crippen LogP contribution in [0, 0.1) is 0 Å². The Morgan fingerprint density at radius 1 is 1.18 bits per heavy atom. The van der Waals surface area contributed by atoms with E-state index in [2.05, 4.69) is 0 Å². The second kappa shape index (κ2) is 1.90. The van der Waals surface area contributed by atoms with Gasteiger partial charge in [-0.15, -0.1) is 0 Å². The molecule has 0 aromatic rings. The number of alkyl halides is 2. The summed E-state index contributed by atoms with van der Waals surface area (Å²) in [5.41, 5.74) is 0. The van der Waals surface area contributed by atoms with Crippen molar-refractivity contribution in [1.82, 2.24) is 0 Å². The molecule has 11 heavy (non-hydrogen) atoms. The highest BCUT2D eigenvalue weighted by molar-refractivity contribution is 8.15. The Kier molecular flexibility index (Phi) is 1.52. The molecule has 0 spiro atoms. The standard InChI is InChI=1S/C2H2F2NO4S2/c3-2(4)1-10(6,7)5-11(2,8)9/h1H2/q-1. The molecule has 0 aromatic carbocycles. The molecule has 0 aliphatic carbocycles. The van der Waals surface area contributed by atoms with E-state index in [1.165, 1.54) is 0 Å². The first-order valence-corrected chi connectivity index (χ1v) is 5.31. The molecule has 9 heteroatoms. The van der Waals surface area contributed by atoms with Crippen LogP contribution in [0.5, 0.6) is 0 Å². The van der Waals surface area contributed by atoms with Crippen molar-refractivity contribution in [3.8, 4) is 0 Å². The van der Waals surface area contributed by atoms with Crippen LogP contribution in [0.4, 0.5) is 8.78 Å². The van der Waals surface area contributed by atoms with Crippen molar-refractivity contribution < 1.29 is 25.6 Å². The van der Waals surface area contributed by atoms with Crippen LogP contribution in [-0.2, 0) is 20.0 Å². The van der Waals surface area contributed by atoms with Gasteiger partial charge in [0.15, 0.2) is 0 Å². The summed E-state index contributed by atoms with van der Waals surface area (Å²) in [5.74, 6) is -1.75. The Morgan fingerprint density at radius 2 is 1.64 bits per heavy atom. The number of rotatable bonds is 0.